The van der Waals surface area contributed by atoms with Crippen LogP contribution in [0.4, 0.5) is 0 Å². The van der Waals surface area contributed by atoms with E-state index in [-0.39, 0.29) is 0 Å². The normalized spacial score (nSPS) is 28.6. The van der Waals surface area contributed by atoms with Crippen LogP contribution in [0.3, 0.4) is 0 Å². The Balaban J connectivity index is 2.02. The molecule has 1 heteroatoms. The van der Waals surface area contributed by atoms with E-state index in [2.05, 4.69) is 30.4 Å². The first-order valence-electron chi connectivity index (χ1n) is 6.19. The van der Waals surface area contributed by atoms with E-state index in [9.17, 15) is 0 Å². The topological polar surface area (TPSA) is 12.0 Å². The summed E-state index contributed by atoms with van der Waals surface area (Å²) in [6.45, 7) is 4.66. The largest absolute Gasteiger partial charge is 0.316 e. The highest BCUT2D eigenvalue weighted by atomic mass is 14.9. The van der Waals surface area contributed by atoms with E-state index in [1.54, 1.807) is 11.1 Å². The van der Waals surface area contributed by atoms with Crippen molar-refractivity contribution in [1.29, 1.82) is 0 Å². The Morgan fingerprint density at radius 1 is 1.33 bits per heavy atom. The SMILES string of the molecule is CCc1ccc2c(c1)C1CNCC(C2)C1. The van der Waals surface area contributed by atoms with E-state index in [1.807, 2.05) is 0 Å². The molecule has 0 saturated carbocycles. The van der Waals surface area contributed by atoms with Gasteiger partial charge in [-0.2, -0.15) is 0 Å². The number of rotatable bonds is 1. The second kappa shape index (κ2) is 3.64. The van der Waals surface area contributed by atoms with Gasteiger partial charge < -0.3 is 5.32 Å². The van der Waals surface area contributed by atoms with Gasteiger partial charge in [0.25, 0.3) is 0 Å². The summed E-state index contributed by atoms with van der Waals surface area (Å²) in [6.07, 6.45) is 3.87. The summed E-state index contributed by atoms with van der Waals surface area (Å²) in [5, 5.41) is 3.57. The van der Waals surface area contributed by atoms with Crippen LogP contribution in [0.5, 0.6) is 0 Å². The van der Waals surface area contributed by atoms with Crippen LogP contribution in [0.15, 0.2) is 18.2 Å². The number of fused-ring (bicyclic) bond motifs is 4. The Labute approximate surface area is 91.9 Å². The fraction of sp³-hybridized carbons (Fsp3) is 0.571. The van der Waals surface area contributed by atoms with E-state index >= 15 is 0 Å². The molecular weight excluding hydrogens is 182 g/mol. The molecule has 0 radical (unpaired) electrons. The molecule has 1 fully saturated rings. The van der Waals surface area contributed by atoms with Crippen molar-refractivity contribution in [3.63, 3.8) is 0 Å². The third-order valence-corrected chi connectivity index (χ3v) is 4.01. The third-order valence-electron chi connectivity index (χ3n) is 4.01. The Morgan fingerprint density at radius 3 is 3.13 bits per heavy atom. The first-order chi connectivity index (χ1) is 7.36. The minimum Gasteiger partial charge on any atom is -0.316 e. The first-order valence-corrected chi connectivity index (χ1v) is 6.19. The van der Waals surface area contributed by atoms with Crippen LogP contribution in [0.25, 0.3) is 0 Å². The monoisotopic (exact) mass is 201 g/mol. The van der Waals surface area contributed by atoms with E-state index in [1.165, 1.54) is 31.5 Å². The Bertz CT molecular complexity index is 370. The van der Waals surface area contributed by atoms with Gasteiger partial charge in [-0.15, -0.1) is 0 Å². The van der Waals surface area contributed by atoms with Crippen LogP contribution in [0, 0.1) is 5.92 Å². The van der Waals surface area contributed by atoms with Crippen molar-refractivity contribution in [3.8, 4) is 0 Å². The van der Waals surface area contributed by atoms with Crippen molar-refractivity contribution < 1.29 is 0 Å². The van der Waals surface area contributed by atoms with Gasteiger partial charge in [0.2, 0.25) is 0 Å². The predicted molar refractivity (Wildman–Crippen MR) is 63.2 cm³/mol. The summed E-state index contributed by atoms with van der Waals surface area (Å²) in [5.74, 6) is 1.68. The second-order valence-corrected chi connectivity index (χ2v) is 5.05. The van der Waals surface area contributed by atoms with Gasteiger partial charge in [-0.25, -0.2) is 0 Å². The highest BCUT2D eigenvalue weighted by Crippen LogP contribution is 2.37. The Morgan fingerprint density at radius 2 is 2.27 bits per heavy atom. The average molecular weight is 201 g/mol. The molecular formula is C14H19N. The fourth-order valence-corrected chi connectivity index (χ4v) is 3.16. The van der Waals surface area contributed by atoms with E-state index in [4.69, 9.17) is 0 Å². The van der Waals surface area contributed by atoms with E-state index in [0.29, 0.717) is 0 Å². The van der Waals surface area contributed by atoms with Gasteiger partial charge in [0, 0.05) is 6.54 Å². The molecule has 1 aliphatic heterocycles. The standard InChI is InChI=1S/C14H19N/c1-2-10-3-4-12-5-11-6-13(9-15-8-11)14(12)7-10/h3-4,7,11,13,15H,2,5-6,8-9H2,1H3. The number of piperidine rings is 1. The molecule has 1 aromatic carbocycles. The number of nitrogens with one attached hydrogen (secondary N) is 1. The minimum absolute atomic E-state index is 0.791. The smallest absolute Gasteiger partial charge is 0.00204 e. The van der Waals surface area contributed by atoms with Crippen LogP contribution in [-0.4, -0.2) is 13.1 Å². The van der Waals surface area contributed by atoms with Crippen molar-refractivity contribution >= 4 is 0 Å². The molecule has 80 valence electrons. The lowest BCUT2D eigenvalue weighted by Gasteiger charge is -2.37. The van der Waals surface area contributed by atoms with Gasteiger partial charge >= 0.3 is 0 Å². The lowest BCUT2D eigenvalue weighted by molar-refractivity contribution is 0.318. The van der Waals surface area contributed by atoms with Crippen LogP contribution in [-0.2, 0) is 12.8 Å². The molecule has 2 unspecified atom stereocenters. The molecule has 1 aromatic rings. The van der Waals surface area contributed by atoms with Gasteiger partial charge in [-0.05, 0) is 54.3 Å². The number of aryl methyl sites for hydroxylation is 1. The van der Waals surface area contributed by atoms with E-state index in [0.717, 1.165) is 18.3 Å². The number of hydrogen-bond acceptors (Lipinski definition) is 1. The van der Waals surface area contributed by atoms with Crippen LogP contribution >= 0.6 is 0 Å². The van der Waals surface area contributed by atoms with Crippen molar-refractivity contribution in [2.75, 3.05) is 13.1 Å². The average Bonchev–Trinajstić information content (AvgIpc) is 2.29. The highest BCUT2D eigenvalue weighted by molar-refractivity contribution is 5.38. The third kappa shape index (κ3) is 1.59. The predicted octanol–water partition coefficient (Wildman–Crippen LogP) is 2.50. The zero-order valence-electron chi connectivity index (χ0n) is 9.42. The molecule has 0 amide bonds. The number of benzene rings is 1. The van der Waals surface area contributed by atoms with Gasteiger partial charge in [0.1, 0.15) is 0 Å². The molecule has 1 nitrogen and oxygen atoms in total. The summed E-state index contributed by atoms with van der Waals surface area (Å²) < 4.78 is 0. The Hall–Kier alpha value is -0.820. The molecule has 1 heterocycles. The van der Waals surface area contributed by atoms with Crippen LogP contribution < -0.4 is 5.32 Å². The van der Waals surface area contributed by atoms with Gasteiger partial charge in [0.15, 0.2) is 0 Å². The highest BCUT2D eigenvalue weighted by Gasteiger charge is 2.29. The molecule has 15 heavy (non-hydrogen) atoms. The van der Waals surface area contributed by atoms with E-state index < -0.39 is 0 Å². The molecule has 2 aliphatic rings. The van der Waals surface area contributed by atoms with Crippen molar-refractivity contribution in [1.82, 2.24) is 5.32 Å². The second-order valence-electron chi connectivity index (χ2n) is 5.05. The Kier molecular flexibility index (Phi) is 2.28. The first kappa shape index (κ1) is 9.41. The summed E-state index contributed by atoms with van der Waals surface area (Å²) in [4.78, 5) is 0. The maximum absolute atomic E-state index is 3.57. The maximum atomic E-state index is 3.57. The van der Waals surface area contributed by atoms with Crippen LogP contribution in [0.2, 0.25) is 0 Å². The minimum atomic E-state index is 0.791. The number of hydrogen-bond donors (Lipinski definition) is 1. The van der Waals surface area contributed by atoms with Gasteiger partial charge in [-0.1, -0.05) is 25.1 Å². The zero-order valence-corrected chi connectivity index (χ0v) is 9.42. The molecule has 1 aliphatic carbocycles. The molecule has 2 bridgehead atoms. The summed E-state index contributed by atoms with van der Waals surface area (Å²) in [6, 6.07) is 7.13. The van der Waals surface area contributed by atoms with Crippen molar-refractivity contribution in [2.24, 2.45) is 5.92 Å². The quantitative estimate of drug-likeness (QED) is 0.736. The molecule has 0 aromatic heterocycles. The maximum Gasteiger partial charge on any atom is 0.00204 e. The van der Waals surface area contributed by atoms with Crippen molar-refractivity contribution in [2.45, 2.75) is 32.1 Å². The molecule has 1 N–H and O–H groups in total. The lowest BCUT2D eigenvalue weighted by atomic mass is 9.74. The fourth-order valence-electron chi connectivity index (χ4n) is 3.16. The molecule has 3 rings (SSSR count). The lowest BCUT2D eigenvalue weighted by Crippen LogP contribution is -2.39. The summed E-state index contributed by atoms with van der Waals surface area (Å²) in [5.41, 5.74) is 4.76. The van der Waals surface area contributed by atoms with Crippen LogP contribution in [0.1, 0.15) is 36.0 Å². The summed E-state index contributed by atoms with van der Waals surface area (Å²) in [7, 11) is 0. The zero-order chi connectivity index (χ0) is 10.3. The van der Waals surface area contributed by atoms with Gasteiger partial charge in [0.05, 0.1) is 0 Å². The summed E-state index contributed by atoms with van der Waals surface area (Å²) >= 11 is 0. The van der Waals surface area contributed by atoms with Crippen molar-refractivity contribution in [3.05, 3.63) is 34.9 Å². The molecule has 1 saturated heterocycles. The molecule has 2 atom stereocenters. The molecule has 0 spiro atoms. The van der Waals surface area contributed by atoms with Gasteiger partial charge in [-0.3, -0.25) is 0 Å².